The summed E-state index contributed by atoms with van der Waals surface area (Å²) in [6.45, 7) is 4.85. The summed E-state index contributed by atoms with van der Waals surface area (Å²) in [7, 11) is 0. The van der Waals surface area contributed by atoms with Gasteiger partial charge in [-0.2, -0.15) is 0 Å². The smallest absolute Gasteiger partial charge is 0.265 e. The average Bonchev–Trinajstić information content (AvgIpc) is 2.97. The SMILES string of the molecule is NC=C(C=NCCc1ccccc1)c1ccncc1/C=C/C(=O)N(N)c1ccc(CN2CCOCC2)cc1. The normalized spacial score (nSPS) is 14.8. The Morgan fingerprint density at radius 3 is 2.55 bits per heavy atom. The van der Waals surface area contributed by atoms with Crippen LogP contribution in [0, 0.1) is 0 Å². The molecule has 0 saturated carbocycles. The molecule has 0 aliphatic carbocycles. The topological polar surface area (TPSA) is 110 Å². The Bertz CT molecular complexity index is 1270. The molecule has 1 aliphatic rings. The van der Waals surface area contributed by atoms with Crippen LogP contribution in [0.4, 0.5) is 5.69 Å². The first-order chi connectivity index (χ1) is 18.6. The zero-order chi connectivity index (χ0) is 26.6. The van der Waals surface area contributed by atoms with Crippen molar-refractivity contribution in [3.8, 4) is 0 Å². The first-order valence-electron chi connectivity index (χ1n) is 12.7. The number of amides is 1. The number of ether oxygens (including phenoxy) is 1. The zero-order valence-corrected chi connectivity index (χ0v) is 21.4. The number of nitrogens with two attached hydrogens (primary N) is 2. The minimum absolute atomic E-state index is 0.351. The molecule has 4 N–H and O–H groups in total. The van der Waals surface area contributed by atoms with Crippen molar-refractivity contribution in [1.82, 2.24) is 9.88 Å². The van der Waals surface area contributed by atoms with Gasteiger partial charge < -0.3 is 10.5 Å². The van der Waals surface area contributed by atoms with Gasteiger partial charge in [0.2, 0.25) is 0 Å². The van der Waals surface area contributed by atoms with Gasteiger partial charge in [-0.3, -0.25) is 19.7 Å². The fraction of sp³-hybridized carbons (Fsp3) is 0.233. The second-order valence-corrected chi connectivity index (χ2v) is 8.95. The Hall–Kier alpha value is -4.11. The van der Waals surface area contributed by atoms with Crippen LogP contribution in [-0.2, 0) is 22.5 Å². The molecule has 0 bridgehead atoms. The van der Waals surface area contributed by atoms with Crippen LogP contribution in [-0.4, -0.2) is 54.9 Å². The Morgan fingerprint density at radius 2 is 1.82 bits per heavy atom. The summed E-state index contributed by atoms with van der Waals surface area (Å²) in [6.07, 6.45) is 10.6. The molecule has 0 spiro atoms. The molecule has 0 atom stereocenters. The molecule has 1 amide bonds. The second kappa shape index (κ2) is 14.0. The Labute approximate surface area is 223 Å². The number of carbonyl (C=O) groups excluding carboxylic acids is 1. The lowest BCUT2D eigenvalue weighted by atomic mass is 10.0. The van der Waals surface area contributed by atoms with Gasteiger partial charge in [-0.25, -0.2) is 10.9 Å². The van der Waals surface area contributed by atoms with E-state index in [9.17, 15) is 4.79 Å². The third kappa shape index (κ3) is 7.69. The number of anilines is 1. The van der Waals surface area contributed by atoms with Crippen LogP contribution < -0.4 is 16.6 Å². The number of benzene rings is 2. The molecule has 1 fully saturated rings. The van der Waals surface area contributed by atoms with E-state index in [1.807, 2.05) is 48.5 Å². The highest BCUT2D eigenvalue weighted by molar-refractivity contribution is 6.11. The number of allylic oxidation sites excluding steroid dienone is 1. The van der Waals surface area contributed by atoms with Gasteiger partial charge >= 0.3 is 0 Å². The van der Waals surface area contributed by atoms with Crippen molar-refractivity contribution in [1.29, 1.82) is 0 Å². The first-order valence-corrected chi connectivity index (χ1v) is 12.7. The summed E-state index contributed by atoms with van der Waals surface area (Å²) < 4.78 is 5.40. The quantitative estimate of drug-likeness (QED) is 0.142. The minimum Gasteiger partial charge on any atom is -0.404 e. The maximum absolute atomic E-state index is 12.8. The van der Waals surface area contributed by atoms with Crippen LogP contribution in [0.25, 0.3) is 11.6 Å². The number of nitrogens with zero attached hydrogens (tertiary/aromatic N) is 4. The fourth-order valence-corrected chi connectivity index (χ4v) is 4.15. The monoisotopic (exact) mass is 510 g/mol. The van der Waals surface area contributed by atoms with Crippen LogP contribution in [0.1, 0.15) is 22.3 Å². The summed E-state index contributed by atoms with van der Waals surface area (Å²) in [5.41, 5.74) is 11.2. The Balaban J connectivity index is 1.37. The van der Waals surface area contributed by atoms with Gasteiger partial charge in [-0.1, -0.05) is 42.5 Å². The summed E-state index contributed by atoms with van der Waals surface area (Å²) in [4.78, 5) is 23.9. The van der Waals surface area contributed by atoms with Crippen molar-refractivity contribution >= 4 is 29.5 Å². The molecule has 1 aliphatic heterocycles. The lowest BCUT2D eigenvalue weighted by Crippen LogP contribution is -2.36. The fourth-order valence-electron chi connectivity index (χ4n) is 4.15. The number of hydrazine groups is 1. The molecule has 196 valence electrons. The van der Waals surface area contributed by atoms with Crippen molar-refractivity contribution in [2.45, 2.75) is 13.0 Å². The van der Waals surface area contributed by atoms with E-state index >= 15 is 0 Å². The van der Waals surface area contributed by atoms with E-state index in [1.54, 1.807) is 24.7 Å². The largest absolute Gasteiger partial charge is 0.404 e. The Kier molecular flexibility index (Phi) is 9.92. The van der Waals surface area contributed by atoms with Gasteiger partial charge in [0.05, 0.1) is 18.9 Å². The summed E-state index contributed by atoms with van der Waals surface area (Å²) in [5, 5.41) is 1.13. The third-order valence-electron chi connectivity index (χ3n) is 6.31. The van der Waals surface area contributed by atoms with Gasteiger partial charge in [0, 0.05) is 68.2 Å². The van der Waals surface area contributed by atoms with Gasteiger partial charge in [-0.05, 0) is 47.4 Å². The molecule has 2 heterocycles. The highest BCUT2D eigenvalue weighted by Gasteiger charge is 2.13. The summed E-state index contributed by atoms with van der Waals surface area (Å²) in [5.74, 6) is 5.78. The number of pyridine rings is 1. The number of rotatable bonds is 10. The van der Waals surface area contributed by atoms with Crippen LogP contribution in [0.15, 0.2) is 90.3 Å². The predicted octanol–water partition coefficient (Wildman–Crippen LogP) is 3.45. The van der Waals surface area contributed by atoms with Crippen molar-refractivity contribution in [3.05, 3.63) is 108 Å². The molecule has 8 nitrogen and oxygen atoms in total. The number of aromatic nitrogens is 1. The van der Waals surface area contributed by atoms with Crippen LogP contribution in [0.3, 0.4) is 0 Å². The molecular weight excluding hydrogens is 476 g/mol. The predicted molar refractivity (Wildman–Crippen MR) is 153 cm³/mol. The molecule has 0 unspecified atom stereocenters. The number of carbonyl (C=O) groups is 1. The molecule has 1 aromatic heterocycles. The molecular formula is C30H34N6O2. The molecule has 0 radical (unpaired) electrons. The molecule has 8 heteroatoms. The molecule has 4 rings (SSSR count). The minimum atomic E-state index is -0.351. The van der Waals surface area contributed by atoms with Crippen molar-refractivity contribution in [3.63, 3.8) is 0 Å². The van der Waals surface area contributed by atoms with Crippen molar-refractivity contribution in [2.75, 3.05) is 37.9 Å². The lowest BCUT2D eigenvalue weighted by Gasteiger charge is -2.26. The van der Waals surface area contributed by atoms with Gasteiger partial charge in [-0.15, -0.1) is 0 Å². The number of hydrogen-bond acceptors (Lipinski definition) is 7. The van der Waals surface area contributed by atoms with Gasteiger partial charge in [0.1, 0.15) is 0 Å². The first kappa shape index (κ1) is 26.9. The molecule has 38 heavy (non-hydrogen) atoms. The lowest BCUT2D eigenvalue weighted by molar-refractivity contribution is -0.114. The Morgan fingerprint density at radius 1 is 1.05 bits per heavy atom. The van der Waals surface area contributed by atoms with Gasteiger partial charge in [0.25, 0.3) is 5.91 Å². The zero-order valence-electron chi connectivity index (χ0n) is 21.4. The summed E-state index contributed by atoms with van der Waals surface area (Å²) in [6, 6.07) is 19.8. The maximum atomic E-state index is 12.8. The van der Waals surface area contributed by atoms with E-state index < -0.39 is 0 Å². The average molecular weight is 511 g/mol. The van der Waals surface area contributed by atoms with Crippen LogP contribution in [0.2, 0.25) is 0 Å². The number of hydrogen-bond donors (Lipinski definition) is 2. The standard InChI is InChI=1S/C30H34N6O2/c31-20-27(22-33-14-12-24-4-2-1-3-5-24)29-13-15-34-21-26(29)8-11-30(37)36(32)28-9-6-25(7-10-28)23-35-16-18-38-19-17-35/h1-11,13,15,20-22H,12,14,16-19,23,31-32H2/b11-8+,27-20?,33-22?. The van der Waals surface area contributed by atoms with E-state index in [-0.39, 0.29) is 5.91 Å². The van der Waals surface area contributed by atoms with Gasteiger partial charge in [0.15, 0.2) is 0 Å². The number of morpholine rings is 1. The highest BCUT2D eigenvalue weighted by atomic mass is 16.5. The van der Waals surface area contributed by atoms with E-state index in [2.05, 4.69) is 27.0 Å². The van der Waals surface area contributed by atoms with Crippen molar-refractivity contribution < 1.29 is 9.53 Å². The number of aliphatic imine (C=N–C) groups is 1. The second-order valence-electron chi connectivity index (χ2n) is 8.95. The third-order valence-corrected chi connectivity index (χ3v) is 6.31. The van der Waals surface area contributed by atoms with Crippen LogP contribution >= 0.6 is 0 Å². The molecule has 1 saturated heterocycles. The maximum Gasteiger partial charge on any atom is 0.265 e. The van der Waals surface area contributed by atoms with E-state index in [4.69, 9.17) is 16.3 Å². The highest BCUT2D eigenvalue weighted by Crippen LogP contribution is 2.19. The van der Waals surface area contributed by atoms with E-state index in [0.29, 0.717) is 12.2 Å². The van der Waals surface area contributed by atoms with Crippen molar-refractivity contribution in [2.24, 2.45) is 16.6 Å². The molecule has 2 aromatic carbocycles. The van der Waals surface area contributed by atoms with Crippen LogP contribution in [0.5, 0.6) is 0 Å². The molecule has 3 aromatic rings. The van der Waals surface area contributed by atoms with E-state index in [1.165, 1.54) is 23.4 Å². The van der Waals surface area contributed by atoms with E-state index in [0.717, 1.165) is 61.0 Å². The summed E-state index contributed by atoms with van der Waals surface area (Å²) >= 11 is 0.